The summed E-state index contributed by atoms with van der Waals surface area (Å²) in [6.45, 7) is 11.4. The van der Waals surface area contributed by atoms with Gasteiger partial charge in [0.1, 0.15) is 0 Å². The molecule has 4 heterocycles. The fourth-order valence-corrected chi connectivity index (χ4v) is 7.25. The van der Waals surface area contributed by atoms with Crippen LogP contribution in [0.4, 0.5) is 16.2 Å². The van der Waals surface area contributed by atoms with E-state index in [1.54, 1.807) is 19.0 Å². The van der Waals surface area contributed by atoms with Crippen LogP contribution in [0.15, 0.2) is 48.5 Å². The molecule has 0 radical (unpaired) electrons. The minimum absolute atomic E-state index is 0. The molecule has 0 bridgehead atoms. The summed E-state index contributed by atoms with van der Waals surface area (Å²) in [6.07, 6.45) is 4.39. The standard InChI is InChI=1S/C38H52N8O4.ClH/c1-25(2)46-35-26(3)23-45(30-12-8-28(9-13-30)37(48)43(4)5)24-33(35)34(42-46)36(47)40-22-27-6-10-29(11-7-27)41-38(49)44-20-16-32(17-21-44)50-31-14-18-39-19-15-31;/h6-13,25-26,31-32,39H,14-24H2,1-5H3,(H,40,47)(H,41,49);1H/t26-;/m0./s1. The van der Waals surface area contributed by atoms with Crippen molar-refractivity contribution in [3.8, 4) is 0 Å². The van der Waals surface area contributed by atoms with Crippen molar-refractivity contribution in [3.63, 3.8) is 0 Å². The lowest BCUT2D eigenvalue weighted by molar-refractivity contribution is -0.0482. The Morgan fingerprint density at radius 2 is 1.61 bits per heavy atom. The van der Waals surface area contributed by atoms with E-state index >= 15 is 0 Å². The molecule has 0 spiro atoms. The highest BCUT2D eigenvalue weighted by Crippen LogP contribution is 2.35. The summed E-state index contributed by atoms with van der Waals surface area (Å²) in [6, 6.07) is 15.3. The smallest absolute Gasteiger partial charge is 0.321 e. The second kappa shape index (κ2) is 16.9. The molecule has 1 atom stereocenters. The number of ether oxygens (including phenoxy) is 1. The molecule has 4 amide bonds. The first-order valence-corrected chi connectivity index (χ1v) is 18.0. The number of amides is 4. The molecule has 2 aromatic carbocycles. The van der Waals surface area contributed by atoms with E-state index < -0.39 is 0 Å². The molecular weight excluding hydrogens is 668 g/mol. The molecule has 12 nitrogen and oxygen atoms in total. The van der Waals surface area contributed by atoms with Gasteiger partial charge < -0.3 is 35.4 Å². The molecule has 0 saturated carbocycles. The Bertz CT molecular complexity index is 1650. The van der Waals surface area contributed by atoms with Crippen molar-refractivity contribution in [3.05, 3.63) is 76.6 Å². The molecule has 0 unspecified atom stereocenters. The first-order valence-electron chi connectivity index (χ1n) is 18.0. The number of hydrogen-bond donors (Lipinski definition) is 3. The molecular formula is C38H53ClN8O4. The number of halogens is 1. The maximum Gasteiger partial charge on any atom is 0.321 e. The van der Waals surface area contributed by atoms with Crippen LogP contribution >= 0.6 is 12.4 Å². The Morgan fingerprint density at radius 3 is 2.24 bits per heavy atom. The van der Waals surface area contributed by atoms with Gasteiger partial charge in [0.15, 0.2) is 5.69 Å². The monoisotopic (exact) mass is 720 g/mol. The fourth-order valence-electron chi connectivity index (χ4n) is 7.25. The van der Waals surface area contributed by atoms with E-state index in [0.717, 1.165) is 73.5 Å². The molecule has 51 heavy (non-hydrogen) atoms. The van der Waals surface area contributed by atoms with Gasteiger partial charge in [-0.2, -0.15) is 5.10 Å². The van der Waals surface area contributed by atoms with Gasteiger partial charge in [-0.1, -0.05) is 19.1 Å². The van der Waals surface area contributed by atoms with Crippen LogP contribution in [0.2, 0.25) is 0 Å². The zero-order chi connectivity index (χ0) is 35.4. The summed E-state index contributed by atoms with van der Waals surface area (Å²) in [7, 11) is 3.49. The lowest BCUT2D eigenvalue weighted by atomic mass is 9.95. The van der Waals surface area contributed by atoms with Gasteiger partial charge in [0, 0.05) is 87.0 Å². The number of aromatic nitrogens is 2. The summed E-state index contributed by atoms with van der Waals surface area (Å²) in [5.41, 5.74) is 5.75. The predicted molar refractivity (Wildman–Crippen MR) is 202 cm³/mol. The zero-order valence-electron chi connectivity index (χ0n) is 30.5. The third-order valence-corrected chi connectivity index (χ3v) is 10.0. The highest BCUT2D eigenvalue weighted by atomic mass is 35.5. The summed E-state index contributed by atoms with van der Waals surface area (Å²) in [5, 5.41) is 14.3. The molecule has 13 heteroatoms. The van der Waals surface area contributed by atoms with Crippen LogP contribution < -0.4 is 20.9 Å². The van der Waals surface area contributed by atoms with Gasteiger partial charge >= 0.3 is 6.03 Å². The van der Waals surface area contributed by atoms with Crippen LogP contribution in [0, 0.1) is 0 Å². The second-order valence-electron chi connectivity index (χ2n) is 14.4. The number of hydrogen-bond acceptors (Lipinski definition) is 7. The fraction of sp³-hybridized carbons (Fsp3) is 0.526. The predicted octanol–water partition coefficient (Wildman–Crippen LogP) is 5.41. The van der Waals surface area contributed by atoms with Crippen molar-refractivity contribution in [2.24, 2.45) is 0 Å². The van der Waals surface area contributed by atoms with E-state index in [2.05, 4.69) is 41.6 Å². The summed E-state index contributed by atoms with van der Waals surface area (Å²) in [5.74, 6) is -0.0985. The zero-order valence-corrected chi connectivity index (χ0v) is 31.3. The van der Waals surface area contributed by atoms with E-state index in [4.69, 9.17) is 9.84 Å². The molecule has 0 aliphatic carbocycles. The number of nitrogens with zero attached hydrogens (tertiary/aromatic N) is 5. The Labute approximate surface area is 307 Å². The molecule has 2 saturated heterocycles. The number of fused-ring (bicyclic) bond motifs is 1. The Kier molecular flexibility index (Phi) is 12.6. The SMILES string of the molecule is CC(C)n1nc(C(=O)NCc2ccc(NC(=O)N3CCC(OC4CCNCC4)CC3)cc2)c2c1[C@@H](C)CN(c1ccc(C(=O)N(C)C)cc1)C2.Cl. The lowest BCUT2D eigenvalue weighted by Crippen LogP contribution is -2.44. The van der Waals surface area contributed by atoms with Crippen molar-refractivity contribution in [2.75, 3.05) is 57.0 Å². The lowest BCUT2D eigenvalue weighted by Gasteiger charge is -2.35. The van der Waals surface area contributed by atoms with Crippen molar-refractivity contribution in [1.82, 2.24) is 30.2 Å². The first-order chi connectivity index (χ1) is 24.1. The minimum Gasteiger partial charge on any atom is -0.375 e. The van der Waals surface area contributed by atoms with Crippen molar-refractivity contribution >= 4 is 41.6 Å². The van der Waals surface area contributed by atoms with Gasteiger partial charge in [0.2, 0.25) is 0 Å². The van der Waals surface area contributed by atoms with Gasteiger partial charge in [-0.05, 0) is 94.6 Å². The highest BCUT2D eigenvalue weighted by molar-refractivity contribution is 5.95. The average molecular weight is 721 g/mol. The largest absolute Gasteiger partial charge is 0.375 e. The molecule has 3 aliphatic rings. The van der Waals surface area contributed by atoms with E-state index in [9.17, 15) is 14.4 Å². The van der Waals surface area contributed by atoms with Crippen molar-refractivity contribution in [2.45, 2.75) is 83.7 Å². The third kappa shape index (κ3) is 9.03. The van der Waals surface area contributed by atoms with Crippen LogP contribution in [0.5, 0.6) is 0 Å². The first kappa shape index (κ1) is 38.1. The summed E-state index contributed by atoms with van der Waals surface area (Å²) < 4.78 is 8.29. The van der Waals surface area contributed by atoms with Crippen LogP contribution in [0.25, 0.3) is 0 Å². The Hall–Kier alpha value is -4.13. The number of rotatable bonds is 9. The maximum absolute atomic E-state index is 13.7. The molecule has 3 aromatic rings. The van der Waals surface area contributed by atoms with Gasteiger partial charge in [-0.15, -0.1) is 12.4 Å². The van der Waals surface area contributed by atoms with Crippen LogP contribution in [-0.4, -0.2) is 96.5 Å². The van der Waals surface area contributed by atoms with E-state index in [-0.39, 0.29) is 48.3 Å². The van der Waals surface area contributed by atoms with Crippen molar-refractivity contribution in [1.29, 1.82) is 0 Å². The van der Waals surface area contributed by atoms with E-state index in [1.807, 2.05) is 58.1 Å². The molecule has 3 N–H and O–H groups in total. The summed E-state index contributed by atoms with van der Waals surface area (Å²) >= 11 is 0. The number of urea groups is 1. The van der Waals surface area contributed by atoms with Gasteiger partial charge in [0.25, 0.3) is 11.8 Å². The quantitative estimate of drug-likeness (QED) is 0.270. The number of benzene rings is 2. The highest BCUT2D eigenvalue weighted by Gasteiger charge is 2.33. The molecule has 1 aromatic heterocycles. The van der Waals surface area contributed by atoms with Gasteiger partial charge in [-0.25, -0.2) is 4.79 Å². The number of carbonyl (C=O) groups excluding carboxylic acids is 3. The topological polar surface area (TPSA) is 124 Å². The molecule has 2 fully saturated rings. The molecule has 6 rings (SSSR count). The number of likely N-dealkylation sites (tertiary alicyclic amines) is 1. The minimum atomic E-state index is -0.216. The van der Waals surface area contributed by atoms with Gasteiger partial charge in [0.05, 0.1) is 12.2 Å². The van der Waals surface area contributed by atoms with E-state index in [0.29, 0.717) is 43.5 Å². The maximum atomic E-state index is 13.7. The van der Waals surface area contributed by atoms with Crippen molar-refractivity contribution < 1.29 is 19.1 Å². The molecule has 276 valence electrons. The number of piperidine rings is 2. The average Bonchev–Trinajstić information content (AvgIpc) is 3.52. The Balaban J connectivity index is 0.00000504. The van der Waals surface area contributed by atoms with Crippen LogP contribution in [0.3, 0.4) is 0 Å². The number of nitrogens with one attached hydrogen (secondary N) is 3. The Morgan fingerprint density at radius 1 is 0.961 bits per heavy atom. The second-order valence-corrected chi connectivity index (χ2v) is 14.4. The van der Waals surface area contributed by atoms with Crippen LogP contribution in [0.1, 0.15) is 96.1 Å². The normalized spacial score (nSPS) is 18.2. The number of carbonyl (C=O) groups is 3. The van der Waals surface area contributed by atoms with Gasteiger partial charge in [-0.3, -0.25) is 14.3 Å². The molecule has 3 aliphatic heterocycles. The third-order valence-electron chi connectivity index (χ3n) is 10.0. The summed E-state index contributed by atoms with van der Waals surface area (Å²) in [4.78, 5) is 44.7. The van der Waals surface area contributed by atoms with Crippen LogP contribution in [-0.2, 0) is 17.8 Å². The van der Waals surface area contributed by atoms with E-state index in [1.165, 1.54) is 0 Å². The number of anilines is 2.